The van der Waals surface area contributed by atoms with Gasteiger partial charge in [-0.2, -0.15) is 0 Å². The zero-order chi connectivity index (χ0) is 10.6. The minimum absolute atomic E-state index is 0.176. The summed E-state index contributed by atoms with van der Waals surface area (Å²) in [6.45, 7) is 4.12. The summed E-state index contributed by atoms with van der Waals surface area (Å²) in [7, 11) is 0. The Morgan fingerprint density at radius 3 is 2.50 bits per heavy atom. The molecule has 0 aliphatic heterocycles. The summed E-state index contributed by atoms with van der Waals surface area (Å²) < 4.78 is 19.2. The molecular formula is C11H14BrFO. The molecule has 0 atom stereocenters. The fourth-order valence-electron chi connectivity index (χ4n) is 1.20. The van der Waals surface area contributed by atoms with Crippen LogP contribution < -0.4 is 4.74 Å². The zero-order valence-electron chi connectivity index (χ0n) is 8.39. The lowest BCUT2D eigenvalue weighted by atomic mass is 10.2. The molecule has 1 aromatic rings. The van der Waals surface area contributed by atoms with Crippen LogP contribution in [0.5, 0.6) is 5.75 Å². The van der Waals surface area contributed by atoms with Crippen molar-refractivity contribution in [3.05, 3.63) is 28.5 Å². The maximum atomic E-state index is 13.1. The van der Waals surface area contributed by atoms with E-state index in [1.807, 2.05) is 0 Å². The highest BCUT2D eigenvalue weighted by molar-refractivity contribution is 9.10. The Balaban J connectivity index is 2.72. The Kier molecular flexibility index (Phi) is 4.39. The summed E-state index contributed by atoms with van der Waals surface area (Å²) >= 11 is 3.10. The third-order valence-corrected chi connectivity index (χ3v) is 2.75. The second kappa shape index (κ2) is 5.35. The quantitative estimate of drug-likeness (QED) is 0.790. The van der Waals surface area contributed by atoms with Crippen LogP contribution in [0, 0.1) is 5.82 Å². The fraction of sp³-hybridized carbons (Fsp3) is 0.455. The van der Waals surface area contributed by atoms with Crippen molar-refractivity contribution in [3.63, 3.8) is 0 Å². The molecule has 0 saturated heterocycles. The standard InChI is InChI=1S/C11H14BrFO/c1-3-8(4-2)14-9-5-6-10(12)11(13)7-9/h5-8H,3-4H2,1-2H3. The molecule has 0 amide bonds. The molecule has 0 radical (unpaired) electrons. The second-order valence-corrected chi connectivity index (χ2v) is 3.99. The molecule has 1 rings (SSSR count). The highest BCUT2D eigenvalue weighted by Gasteiger charge is 2.06. The van der Waals surface area contributed by atoms with Gasteiger partial charge < -0.3 is 4.74 Å². The highest BCUT2D eigenvalue weighted by atomic mass is 79.9. The first kappa shape index (κ1) is 11.5. The summed E-state index contributed by atoms with van der Waals surface area (Å²) in [5.74, 6) is 0.313. The number of hydrogen-bond donors (Lipinski definition) is 0. The van der Waals surface area contributed by atoms with Crippen LogP contribution >= 0.6 is 15.9 Å². The van der Waals surface area contributed by atoms with Gasteiger partial charge in [-0.25, -0.2) is 4.39 Å². The van der Waals surface area contributed by atoms with E-state index in [1.54, 1.807) is 12.1 Å². The molecule has 0 aliphatic rings. The average molecular weight is 261 g/mol. The molecule has 0 aliphatic carbocycles. The summed E-state index contributed by atoms with van der Waals surface area (Å²) in [6, 6.07) is 4.83. The molecule has 78 valence electrons. The molecule has 0 N–H and O–H groups in total. The molecule has 14 heavy (non-hydrogen) atoms. The van der Waals surface area contributed by atoms with Crippen LogP contribution in [0.2, 0.25) is 0 Å². The maximum Gasteiger partial charge on any atom is 0.141 e. The molecule has 0 bridgehead atoms. The fourth-order valence-corrected chi connectivity index (χ4v) is 1.44. The third-order valence-electron chi connectivity index (χ3n) is 2.10. The van der Waals surface area contributed by atoms with Gasteiger partial charge in [-0.15, -0.1) is 0 Å². The van der Waals surface area contributed by atoms with Gasteiger partial charge in [0, 0.05) is 6.07 Å². The highest BCUT2D eigenvalue weighted by Crippen LogP contribution is 2.22. The minimum Gasteiger partial charge on any atom is -0.490 e. The summed E-state index contributed by atoms with van der Waals surface area (Å²) in [5, 5.41) is 0. The van der Waals surface area contributed by atoms with Crippen molar-refractivity contribution >= 4 is 15.9 Å². The first-order valence-electron chi connectivity index (χ1n) is 4.79. The van der Waals surface area contributed by atoms with Gasteiger partial charge in [0.15, 0.2) is 0 Å². The number of rotatable bonds is 4. The molecule has 0 saturated carbocycles. The largest absolute Gasteiger partial charge is 0.490 e. The Morgan fingerprint density at radius 2 is 2.00 bits per heavy atom. The lowest BCUT2D eigenvalue weighted by Gasteiger charge is -2.15. The molecule has 0 heterocycles. The van der Waals surface area contributed by atoms with E-state index >= 15 is 0 Å². The van der Waals surface area contributed by atoms with Gasteiger partial charge in [-0.05, 0) is 40.9 Å². The first-order chi connectivity index (χ1) is 6.67. The normalized spacial score (nSPS) is 10.6. The van der Waals surface area contributed by atoms with Crippen LogP contribution in [-0.4, -0.2) is 6.10 Å². The molecule has 1 nitrogen and oxygen atoms in total. The van der Waals surface area contributed by atoms with E-state index in [0.717, 1.165) is 12.8 Å². The van der Waals surface area contributed by atoms with Crippen LogP contribution in [0.3, 0.4) is 0 Å². The number of benzene rings is 1. The van der Waals surface area contributed by atoms with Gasteiger partial charge >= 0.3 is 0 Å². The molecule has 3 heteroatoms. The van der Waals surface area contributed by atoms with E-state index in [0.29, 0.717) is 10.2 Å². The van der Waals surface area contributed by atoms with E-state index in [1.165, 1.54) is 6.07 Å². The van der Waals surface area contributed by atoms with Gasteiger partial charge in [-0.3, -0.25) is 0 Å². The molecule has 0 aromatic heterocycles. The van der Waals surface area contributed by atoms with E-state index < -0.39 is 0 Å². The molecule has 0 fully saturated rings. The Morgan fingerprint density at radius 1 is 1.36 bits per heavy atom. The van der Waals surface area contributed by atoms with Crippen molar-refractivity contribution in [3.8, 4) is 5.75 Å². The minimum atomic E-state index is -0.284. The summed E-state index contributed by atoms with van der Waals surface area (Å²) in [4.78, 5) is 0. The van der Waals surface area contributed by atoms with Crippen LogP contribution in [0.15, 0.2) is 22.7 Å². The topological polar surface area (TPSA) is 9.23 Å². The Hall–Kier alpha value is -0.570. The van der Waals surface area contributed by atoms with Crippen molar-refractivity contribution in [1.29, 1.82) is 0 Å². The van der Waals surface area contributed by atoms with Crippen molar-refractivity contribution in [1.82, 2.24) is 0 Å². The van der Waals surface area contributed by atoms with E-state index in [9.17, 15) is 4.39 Å². The Labute approximate surface area is 92.4 Å². The lowest BCUT2D eigenvalue weighted by molar-refractivity contribution is 0.192. The van der Waals surface area contributed by atoms with Crippen LogP contribution in [0.25, 0.3) is 0 Å². The summed E-state index contributed by atoms with van der Waals surface area (Å²) in [6.07, 6.45) is 2.05. The monoisotopic (exact) mass is 260 g/mol. The SMILES string of the molecule is CCC(CC)Oc1ccc(Br)c(F)c1. The zero-order valence-corrected chi connectivity index (χ0v) is 9.97. The van der Waals surface area contributed by atoms with Crippen molar-refractivity contribution in [2.24, 2.45) is 0 Å². The second-order valence-electron chi connectivity index (χ2n) is 3.13. The van der Waals surface area contributed by atoms with E-state index in [2.05, 4.69) is 29.8 Å². The smallest absolute Gasteiger partial charge is 0.141 e. The molecular weight excluding hydrogens is 247 g/mol. The summed E-state index contributed by atoms with van der Waals surface area (Å²) in [5.41, 5.74) is 0. The third kappa shape index (κ3) is 2.98. The predicted molar refractivity (Wildman–Crippen MR) is 59.1 cm³/mol. The van der Waals surface area contributed by atoms with Crippen LogP contribution in [-0.2, 0) is 0 Å². The van der Waals surface area contributed by atoms with Gasteiger partial charge in [0.2, 0.25) is 0 Å². The lowest BCUT2D eigenvalue weighted by Crippen LogP contribution is -2.13. The van der Waals surface area contributed by atoms with Crippen LogP contribution in [0.4, 0.5) is 4.39 Å². The molecule has 0 spiro atoms. The Bertz CT molecular complexity index is 297. The van der Waals surface area contributed by atoms with Gasteiger partial charge in [0.05, 0.1) is 10.6 Å². The van der Waals surface area contributed by atoms with Crippen molar-refractivity contribution in [2.75, 3.05) is 0 Å². The first-order valence-corrected chi connectivity index (χ1v) is 5.58. The van der Waals surface area contributed by atoms with Crippen molar-refractivity contribution < 1.29 is 9.13 Å². The maximum absolute atomic E-state index is 13.1. The molecule has 0 unspecified atom stereocenters. The number of hydrogen-bond acceptors (Lipinski definition) is 1. The van der Waals surface area contributed by atoms with Gasteiger partial charge in [-0.1, -0.05) is 13.8 Å². The van der Waals surface area contributed by atoms with Crippen LogP contribution in [0.1, 0.15) is 26.7 Å². The van der Waals surface area contributed by atoms with Crippen molar-refractivity contribution in [2.45, 2.75) is 32.8 Å². The average Bonchev–Trinajstić information content (AvgIpc) is 2.19. The van der Waals surface area contributed by atoms with Gasteiger partial charge in [0.25, 0.3) is 0 Å². The van der Waals surface area contributed by atoms with E-state index in [-0.39, 0.29) is 11.9 Å². The molecule has 1 aromatic carbocycles. The number of halogens is 2. The number of ether oxygens (including phenoxy) is 1. The predicted octanol–water partition coefficient (Wildman–Crippen LogP) is 4.16. The van der Waals surface area contributed by atoms with Gasteiger partial charge in [0.1, 0.15) is 11.6 Å². The van der Waals surface area contributed by atoms with E-state index in [4.69, 9.17) is 4.74 Å².